The van der Waals surface area contributed by atoms with Crippen molar-refractivity contribution in [3.63, 3.8) is 0 Å². The van der Waals surface area contributed by atoms with Crippen LogP contribution in [0.3, 0.4) is 0 Å². The summed E-state index contributed by atoms with van der Waals surface area (Å²) in [6, 6.07) is 5.94. The molecular formula is C13H15NO2S2. The highest BCUT2D eigenvalue weighted by atomic mass is 32.1. The van der Waals surface area contributed by atoms with Gasteiger partial charge in [0, 0.05) is 18.5 Å². The van der Waals surface area contributed by atoms with E-state index < -0.39 is 0 Å². The van der Waals surface area contributed by atoms with Crippen molar-refractivity contribution in [3.05, 3.63) is 44.8 Å². The van der Waals surface area contributed by atoms with Crippen molar-refractivity contribution in [2.45, 2.75) is 12.5 Å². The number of nitrogens with one attached hydrogen (secondary N) is 1. The second-order valence-electron chi connectivity index (χ2n) is 3.84. The van der Waals surface area contributed by atoms with Gasteiger partial charge in [0.2, 0.25) is 5.91 Å². The molecule has 0 fully saturated rings. The highest BCUT2D eigenvalue weighted by Crippen LogP contribution is 2.18. The minimum absolute atomic E-state index is 0.0368. The van der Waals surface area contributed by atoms with Crippen LogP contribution in [0.1, 0.15) is 16.5 Å². The van der Waals surface area contributed by atoms with Gasteiger partial charge in [0.25, 0.3) is 0 Å². The second-order valence-corrected chi connectivity index (χ2v) is 5.65. The second kappa shape index (κ2) is 6.68. The van der Waals surface area contributed by atoms with E-state index in [-0.39, 0.29) is 12.0 Å². The molecule has 2 aromatic heterocycles. The molecule has 1 N–H and O–H groups in total. The molecule has 2 rings (SSSR count). The lowest BCUT2D eigenvalue weighted by molar-refractivity contribution is -0.120. The molecule has 1 unspecified atom stereocenters. The topological polar surface area (TPSA) is 38.3 Å². The first-order valence-electron chi connectivity index (χ1n) is 5.63. The maximum atomic E-state index is 11.7. The van der Waals surface area contributed by atoms with E-state index in [0.717, 1.165) is 10.4 Å². The monoisotopic (exact) mass is 281 g/mol. The van der Waals surface area contributed by atoms with Gasteiger partial charge in [-0.05, 0) is 33.8 Å². The van der Waals surface area contributed by atoms with Gasteiger partial charge in [-0.2, -0.15) is 11.3 Å². The van der Waals surface area contributed by atoms with Crippen LogP contribution < -0.4 is 5.32 Å². The fraction of sp³-hybridized carbons (Fsp3) is 0.308. The Morgan fingerprint density at radius 1 is 1.44 bits per heavy atom. The molecule has 0 spiro atoms. The molecule has 1 amide bonds. The molecule has 0 bridgehead atoms. The van der Waals surface area contributed by atoms with E-state index in [0.29, 0.717) is 13.0 Å². The van der Waals surface area contributed by atoms with Gasteiger partial charge in [0.15, 0.2) is 0 Å². The number of amides is 1. The first-order chi connectivity index (χ1) is 8.79. The minimum atomic E-state index is -0.0662. The van der Waals surface area contributed by atoms with Crippen LogP contribution in [0.5, 0.6) is 0 Å². The van der Waals surface area contributed by atoms with Crippen molar-refractivity contribution in [1.82, 2.24) is 5.32 Å². The van der Waals surface area contributed by atoms with Crippen LogP contribution in [0, 0.1) is 0 Å². The Morgan fingerprint density at radius 2 is 2.33 bits per heavy atom. The summed E-state index contributed by atoms with van der Waals surface area (Å²) in [5.41, 5.74) is 1.11. The Labute approximate surface area is 114 Å². The molecule has 0 aliphatic carbocycles. The SMILES string of the molecule is COC(CNC(=O)Cc1cccs1)c1ccsc1. The zero-order valence-corrected chi connectivity index (χ0v) is 11.7. The number of ether oxygens (including phenoxy) is 1. The van der Waals surface area contributed by atoms with Crippen molar-refractivity contribution in [3.8, 4) is 0 Å². The van der Waals surface area contributed by atoms with Gasteiger partial charge in [-0.15, -0.1) is 11.3 Å². The number of hydrogen-bond donors (Lipinski definition) is 1. The largest absolute Gasteiger partial charge is 0.375 e. The molecule has 0 aliphatic rings. The molecule has 96 valence electrons. The molecule has 3 nitrogen and oxygen atoms in total. The number of carbonyl (C=O) groups is 1. The Morgan fingerprint density at radius 3 is 2.94 bits per heavy atom. The summed E-state index contributed by atoms with van der Waals surface area (Å²) in [6.07, 6.45) is 0.376. The van der Waals surface area contributed by atoms with E-state index in [1.807, 2.05) is 34.3 Å². The summed E-state index contributed by atoms with van der Waals surface area (Å²) in [7, 11) is 1.66. The summed E-state index contributed by atoms with van der Waals surface area (Å²) in [4.78, 5) is 12.8. The van der Waals surface area contributed by atoms with Crippen LogP contribution in [-0.4, -0.2) is 19.6 Å². The van der Waals surface area contributed by atoms with Crippen LogP contribution >= 0.6 is 22.7 Å². The number of carbonyl (C=O) groups excluding carboxylic acids is 1. The molecule has 0 radical (unpaired) electrons. The van der Waals surface area contributed by atoms with Gasteiger partial charge >= 0.3 is 0 Å². The van der Waals surface area contributed by atoms with Crippen LogP contribution in [0.25, 0.3) is 0 Å². The van der Waals surface area contributed by atoms with Gasteiger partial charge in [-0.25, -0.2) is 0 Å². The van der Waals surface area contributed by atoms with E-state index >= 15 is 0 Å². The van der Waals surface area contributed by atoms with Gasteiger partial charge in [0.05, 0.1) is 6.42 Å². The number of thiophene rings is 2. The quantitative estimate of drug-likeness (QED) is 0.884. The fourth-order valence-electron chi connectivity index (χ4n) is 1.64. The van der Waals surface area contributed by atoms with Gasteiger partial charge in [-0.3, -0.25) is 4.79 Å². The summed E-state index contributed by atoms with van der Waals surface area (Å²) < 4.78 is 5.37. The zero-order chi connectivity index (χ0) is 12.8. The summed E-state index contributed by atoms with van der Waals surface area (Å²) >= 11 is 3.23. The lowest BCUT2D eigenvalue weighted by Crippen LogP contribution is -2.30. The van der Waals surface area contributed by atoms with Crippen LogP contribution in [0.4, 0.5) is 0 Å². The molecule has 0 saturated carbocycles. The Bertz CT molecular complexity index is 465. The molecule has 18 heavy (non-hydrogen) atoms. The third-order valence-electron chi connectivity index (χ3n) is 2.60. The normalized spacial score (nSPS) is 12.3. The average molecular weight is 281 g/mol. The number of hydrogen-bond acceptors (Lipinski definition) is 4. The molecule has 2 heterocycles. The van der Waals surface area contributed by atoms with Gasteiger partial charge in [-0.1, -0.05) is 6.07 Å². The molecule has 2 aromatic rings. The first kappa shape index (κ1) is 13.3. The predicted octanol–water partition coefficient (Wildman–Crippen LogP) is 2.86. The van der Waals surface area contributed by atoms with Crippen molar-refractivity contribution in [1.29, 1.82) is 0 Å². The lowest BCUT2D eigenvalue weighted by Gasteiger charge is -2.14. The Hall–Kier alpha value is -1.17. The van der Waals surface area contributed by atoms with Crippen LogP contribution in [0.15, 0.2) is 34.3 Å². The number of methoxy groups -OCH3 is 1. The molecule has 0 saturated heterocycles. The van der Waals surface area contributed by atoms with Crippen molar-refractivity contribution >= 4 is 28.6 Å². The number of rotatable bonds is 6. The minimum Gasteiger partial charge on any atom is -0.375 e. The standard InChI is InChI=1S/C13H15NO2S2/c1-16-12(10-4-6-17-9-10)8-14-13(15)7-11-3-2-5-18-11/h2-6,9,12H,7-8H2,1H3,(H,14,15). The smallest absolute Gasteiger partial charge is 0.225 e. The summed E-state index contributed by atoms with van der Waals surface area (Å²) in [5, 5.41) is 8.94. The van der Waals surface area contributed by atoms with E-state index in [9.17, 15) is 4.79 Å². The third kappa shape index (κ3) is 3.66. The van der Waals surface area contributed by atoms with E-state index in [2.05, 4.69) is 5.32 Å². The highest BCUT2D eigenvalue weighted by molar-refractivity contribution is 7.10. The van der Waals surface area contributed by atoms with E-state index in [1.165, 1.54) is 0 Å². The maximum Gasteiger partial charge on any atom is 0.225 e. The average Bonchev–Trinajstić information content (AvgIpc) is 3.02. The van der Waals surface area contributed by atoms with E-state index in [1.54, 1.807) is 29.8 Å². The molecule has 0 aliphatic heterocycles. The summed E-state index contributed by atoms with van der Waals surface area (Å²) in [5.74, 6) is 0.0368. The van der Waals surface area contributed by atoms with Crippen molar-refractivity contribution in [2.75, 3.05) is 13.7 Å². The Balaban J connectivity index is 1.81. The molecule has 5 heteroatoms. The van der Waals surface area contributed by atoms with Crippen molar-refractivity contribution < 1.29 is 9.53 Å². The Kier molecular flexibility index (Phi) is 4.92. The third-order valence-corrected chi connectivity index (χ3v) is 4.18. The van der Waals surface area contributed by atoms with Gasteiger partial charge < -0.3 is 10.1 Å². The maximum absolute atomic E-state index is 11.7. The van der Waals surface area contributed by atoms with Gasteiger partial charge in [0.1, 0.15) is 6.10 Å². The van der Waals surface area contributed by atoms with E-state index in [4.69, 9.17) is 4.74 Å². The van der Waals surface area contributed by atoms with Crippen LogP contribution in [-0.2, 0) is 16.0 Å². The molecular weight excluding hydrogens is 266 g/mol. The summed E-state index contributed by atoms with van der Waals surface area (Å²) in [6.45, 7) is 0.511. The van der Waals surface area contributed by atoms with Crippen LogP contribution in [0.2, 0.25) is 0 Å². The first-order valence-corrected chi connectivity index (χ1v) is 7.46. The molecule has 0 aromatic carbocycles. The highest BCUT2D eigenvalue weighted by Gasteiger charge is 2.12. The molecule has 1 atom stereocenters. The van der Waals surface area contributed by atoms with Crippen molar-refractivity contribution in [2.24, 2.45) is 0 Å². The fourth-order valence-corrected chi connectivity index (χ4v) is 3.04. The predicted molar refractivity (Wildman–Crippen MR) is 75.1 cm³/mol. The zero-order valence-electron chi connectivity index (χ0n) is 10.1. The lowest BCUT2D eigenvalue weighted by atomic mass is 10.2.